The van der Waals surface area contributed by atoms with Gasteiger partial charge in [0.05, 0.1) is 0 Å². The van der Waals surface area contributed by atoms with Crippen LogP contribution in [0.4, 0.5) is 4.39 Å². The number of halogens is 1. The van der Waals surface area contributed by atoms with Gasteiger partial charge in [0.15, 0.2) is 5.78 Å². The monoisotopic (exact) mass is 187 g/mol. The number of nitrogens with one attached hydrogen (secondary N) is 1. The summed E-state index contributed by atoms with van der Waals surface area (Å²) in [7, 11) is 0. The number of alkyl halides is 1. The molecule has 1 heterocycles. The molecular formula is C8H10FNO3. The highest BCUT2D eigenvalue weighted by molar-refractivity contribution is 5.96. The Hall–Kier alpha value is -1.39. The minimum Gasteiger partial charge on any atom is -0.433 e. The van der Waals surface area contributed by atoms with Gasteiger partial charge in [-0.05, 0) is 0 Å². The fourth-order valence-electron chi connectivity index (χ4n) is 1.08. The van der Waals surface area contributed by atoms with Crippen LogP contribution >= 0.6 is 0 Å². The van der Waals surface area contributed by atoms with Crippen molar-refractivity contribution in [3.8, 4) is 0 Å². The van der Waals surface area contributed by atoms with Crippen molar-refractivity contribution in [2.75, 3.05) is 6.54 Å². The second-order valence-electron chi connectivity index (χ2n) is 2.64. The number of carbonyl (C=O) groups excluding carboxylic acids is 2. The van der Waals surface area contributed by atoms with Gasteiger partial charge in [0.1, 0.15) is 0 Å². The summed E-state index contributed by atoms with van der Waals surface area (Å²) in [6.45, 7) is 0.611. The zero-order valence-electron chi connectivity index (χ0n) is 6.96. The summed E-state index contributed by atoms with van der Waals surface area (Å²) in [4.78, 5) is 20.9. The maximum Gasteiger partial charge on any atom is 0.295 e. The minimum absolute atomic E-state index is 0.0337. The van der Waals surface area contributed by atoms with Crippen LogP contribution in [0.25, 0.3) is 0 Å². The lowest BCUT2D eigenvalue weighted by molar-refractivity contribution is -0.142. The Balaban J connectivity index is 2.46. The smallest absolute Gasteiger partial charge is 0.295 e. The molecule has 1 aliphatic heterocycles. The molecule has 1 aliphatic rings. The highest BCUT2D eigenvalue weighted by Gasteiger charge is 2.18. The molecule has 0 saturated carbocycles. The predicted molar refractivity (Wildman–Crippen MR) is 42.4 cm³/mol. The van der Waals surface area contributed by atoms with Crippen LogP contribution in [0.2, 0.25) is 0 Å². The predicted octanol–water partition coefficient (Wildman–Crippen LogP) is 0.291. The summed E-state index contributed by atoms with van der Waals surface area (Å²) in [6, 6.07) is 0. The van der Waals surface area contributed by atoms with E-state index >= 15 is 0 Å². The van der Waals surface area contributed by atoms with Gasteiger partial charge in [0.2, 0.25) is 6.36 Å². The van der Waals surface area contributed by atoms with Gasteiger partial charge < -0.3 is 10.1 Å². The molecule has 0 amide bonds. The van der Waals surface area contributed by atoms with Crippen LogP contribution in [0.1, 0.15) is 12.8 Å². The summed E-state index contributed by atoms with van der Waals surface area (Å²) < 4.78 is 16.7. The topological polar surface area (TPSA) is 55.4 Å². The molecule has 0 spiro atoms. The SMILES string of the molecule is O=COC(F)CC1=CNCCC1=O. The molecule has 0 aromatic rings. The van der Waals surface area contributed by atoms with E-state index in [9.17, 15) is 14.0 Å². The fraction of sp³-hybridized carbons (Fsp3) is 0.500. The lowest BCUT2D eigenvalue weighted by atomic mass is 10.0. The third-order valence-corrected chi connectivity index (χ3v) is 1.71. The van der Waals surface area contributed by atoms with E-state index in [4.69, 9.17) is 0 Å². The quantitative estimate of drug-likeness (QED) is 0.643. The average molecular weight is 187 g/mol. The summed E-state index contributed by atoms with van der Waals surface area (Å²) in [5, 5.41) is 2.82. The Labute approximate surface area is 74.8 Å². The zero-order chi connectivity index (χ0) is 9.68. The van der Waals surface area contributed by atoms with E-state index in [-0.39, 0.29) is 18.7 Å². The van der Waals surface area contributed by atoms with Gasteiger partial charge in [0.25, 0.3) is 6.47 Å². The number of hydrogen-bond acceptors (Lipinski definition) is 4. The van der Waals surface area contributed by atoms with E-state index in [0.717, 1.165) is 0 Å². The fourth-order valence-corrected chi connectivity index (χ4v) is 1.08. The van der Waals surface area contributed by atoms with Crippen molar-refractivity contribution < 1.29 is 18.7 Å². The van der Waals surface area contributed by atoms with E-state index in [0.29, 0.717) is 18.5 Å². The molecule has 0 aromatic carbocycles. The second-order valence-corrected chi connectivity index (χ2v) is 2.64. The van der Waals surface area contributed by atoms with E-state index in [1.807, 2.05) is 0 Å². The number of Topliss-reactive ketones (excluding diaryl/α,β-unsaturated/α-hetero) is 1. The van der Waals surface area contributed by atoms with E-state index in [1.165, 1.54) is 6.20 Å². The van der Waals surface area contributed by atoms with Gasteiger partial charge in [-0.3, -0.25) is 9.59 Å². The Morgan fingerprint density at radius 2 is 2.54 bits per heavy atom. The van der Waals surface area contributed by atoms with Gasteiger partial charge >= 0.3 is 0 Å². The molecule has 1 rings (SSSR count). The molecule has 0 fully saturated rings. The van der Waals surface area contributed by atoms with Crippen molar-refractivity contribution in [1.82, 2.24) is 5.32 Å². The number of ketones is 1. The first-order valence-corrected chi connectivity index (χ1v) is 3.93. The third-order valence-electron chi connectivity index (χ3n) is 1.71. The largest absolute Gasteiger partial charge is 0.433 e. The van der Waals surface area contributed by atoms with E-state index in [2.05, 4.69) is 10.1 Å². The number of ether oxygens (including phenoxy) is 1. The molecule has 1 atom stereocenters. The van der Waals surface area contributed by atoms with Crippen LogP contribution in [0.3, 0.4) is 0 Å². The molecule has 4 nitrogen and oxygen atoms in total. The molecule has 13 heavy (non-hydrogen) atoms. The van der Waals surface area contributed by atoms with E-state index < -0.39 is 6.36 Å². The van der Waals surface area contributed by atoms with Crippen LogP contribution in [-0.4, -0.2) is 25.2 Å². The zero-order valence-corrected chi connectivity index (χ0v) is 6.96. The Morgan fingerprint density at radius 1 is 1.77 bits per heavy atom. The summed E-state index contributed by atoms with van der Waals surface area (Å²) in [6.07, 6.45) is -0.0795. The molecule has 0 bridgehead atoms. The van der Waals surface area contributed by atoms with E-state index in [1.54, 1.807) is 0 Å². The lowest BCUT2D eigenvalue weighted by Crippen LogP contribution is -2.23. The standard InChI is InChI=1S/C8H10FNO3/c9-8(13-5-11)3-6-4-10-2-1-7(6)12/h4-5,8,10H,1-3H2. The third kappa shape index (κ3) is 2.85. The van der Waals surface area contributed by atoms with Crippen molar-refractivity contribution in [3.05, 3.63) is 11.8 Å². The van der Waals surface area contributed by atoms with Crippen molar-refractivity contribution >= 4 is 12.3 Å². The van der Waals surface area contributed by atoms with Crippen molar-refractivity contribution in [3.63, 3.8) is 0 Å². The Morgan fingerprint density at radius 3 is 3.15 bits per heavy atom. The van der Waals surface area contributed by atoms with Crippen molar-refractivity contribution in [2.24, 2.45) is 0 Å². The van der Waals surface area contributed by atoms with Crippen molar-refractivity contribution in [1.29, 1.82) is 0 Å². The van der Waals surface area contributed by atoms with Crippen LogP contribution in [0, 0.1) is 0 Å². The second kappa shape index (κ2) is 4.59. The minimum atomic E-state index is -1.73. The Bertz CT molecular complexity index is 240. The molecular weight excluding hydrogens is 177 g/mol. The normalized spacial score (nSPS) is 18.5. The van der Waals surface area contributed by atoms with Gasteiger partial charge in [-0.2, -0.15) is 0 Å². The molecule has 1 N–H and O–H groups in total. The first-order chi connectivity index (χ1) is 6.24. The van der Waals surface area contributed by atoms with Gasteiger partial charge in [0, 0.05) is 31.2 Å². The highest BCUT2D eigenvalue weighted by Crippen LogP contribution is 2.13. The van der Waals surface area contributed by atoms with Crippen LogP contribution < -0.4 is 5.32 Å². The van der Waals surface area contributed by atoms with Crippen LogP contribution in [0.5, 0.6) is 0 Å². The summed E-state index contributed by atoms with van der Waals surface area (Å²) in [5.41, 5.74) is 0.334. The number of hydrogen-bond donors (Lipinski definition) is 1. The molecule has 0 aromatic heterocycles. The summed E-state index contributed by atoms with van der Waals surface area (Å²) >= 11 is 0. The first kappa shape index (κ1) is 9.70. The maximum atomic E-state index is 12.7. The number of rotatable bonds is 4. The van der Waals surface area contributed by atoms with Crippen LogP contribution in [0.15, 0.2) is 11.8 Å². The maximum absolute atomic E-state index is 12.7. The molecule has 0 radical (unpaired) electrons. The summed E-state index contributed by atoms with van der Waals surface area (Å²) in [5.74, 6) is -0.101. The average Bonchev–Trinajstić information content (AvgIpc) is 2.09. The van der Waals surface area contributed by atoms with Gasteiger partial charge in [-0.25, -0.2) is 4.39 Å². The van der Waals surface area contributed by atoms with Gasteiger partial charge in [-0.15, -0.1) is 0 Å². The van der Waals surface area contributed by atoms with Gasteiger partial charge in [-0.1, -0.05) is 0 Å². The molecule has 1 unspecified atom stereocenters. The molecule has 72 valence electrons. The van der Waals surface area contributed by atoms with Crippen LogP contribution in [-0.2, 0) is 14.3 Å². The molecule has 0 saturated heterocycles. The molecule has 5 heteroatoms. The molecule has 0 aliphatic carbocycles. The highest BCUT2D eigenvalue weighted by atomic mass is 19.1. The number of carbonyl (C=O) groups is 2. The first-order valence-electron chi connectivity index (χ1n) is 3.93. The Kier molecular flexibility index (Phi) is 3.42. The van der Waals surface area contributed by atoms with Crippen molar-refractivity contribution in [2.45, 2.75) is 19.2 Å². The lowest BCUT2D eigenvalue weighted by Gasteiger charge is -2.14.